The molecule has 4 heteroatoms. The van der Waals surface area contributed by atoms with Crippen molar-refractivity contribution in [3.63, 3.8) is 0 Å². The number of nitrogens with one attached hydrogen (secondary N) is 1. The Kier molecular flexibility index (Phi) is 5.56. The average Bonchev–Trinajstić information content (AvgIpc) is 2.93. The van der Waals surface area contributed by atoms with Crippen molar-refractivity contribution < 1.29 is 9.90 Å². The number of rotatable bonds is 7. The van der Waals surface area contributed by atoms with Crippen LogP contribution in [0.4, 0.5) is 0 Å². The lowest BCUT2D eigenvalue weighted by Gasteiger charge is -2.19. The van der Waals surface area contributed by atoms with Gasteiger partial charge in [0.25, 0.3) is 0 Å². The molecule has 1 aromatic carbocycles. The van der Waals surface area contributed by atoms with Crippen LogP contribution in [0.3, 0.4) is 0 Å². The third-order valence-corrected chi connectivity index (χ3v) is 4.03. The lowest BCUT2D eigenvalue weighted by Crippen LogP contribution is -2.39. The van der Waals surface area contributed by atoms with E-state index < -0.39 is 12.0 Å². The van der Waals surface area contributed by atoms with E-state index in [2.05, 4.69) is 34.5 Å². The number of likely N-dealkylation sites (N-methyl/N-ethyl adjacent to an activating group) is 1. The van der Waals surface area contributed by atoms with Crippen LogP contribution >= 0.6 is 0 Å². The normalized spacial score (nSPS) is 20.9. The molecule has 2 unspecified atom stereocenters. The molecule has 1 aliphatic rings. The number of likely N-dealkylation sites (tertiary alicyclic amines) is 1. The number of carbonyl (C=O) groups is 1. The van der Waals surface area contributed by atoms with E-state index in [1.807, 2.05) is 13.0 Å². The van der Waals surface area contributed by atoms with Crippen molar-refractivity contribution in [2.24, 2.45) is 0 Å². The number of aliphatic carboxylic acids is 1. The molecule has 1 aliphatic heterocycles. The fraction of sp³-hybridized carbons (Fsp3) is 0.562. The summed E-state index contributed by atoms with van der Waals surface area (Å²) in [6, 6.07) is 10.2. The molecule has 20 heavy (non-hydrogen) atoms. The second-order valence-electron chi connectivity index (χ2n) is 5.43. The summed E-state index contributed by atoms with van der Waals surface area (Å²) in [5.41, 5.74) is 1.40. The minimum atomic E-state index is -0.745. The van der Waals surface area contributed by atoms with Crippen LogP contribution in [0.5, 0.6) is 0 Å². The predicted octanol–water partition coefficient (Wildman–Crippen LogP) is 1.93. The van der Waals surface area contributed by atoms with Gasteiger partial charge in [0.2, 0.25) is 0 Å². The first-order valence-corrected chi connectivity index (χ1v) is 7.44. The predicted molar refractivity (Wildman–Crippen MR) is 80.0 cm³/mol. The zero-order valence-corrected chi connectivity index (χ0v) is 12.1. The maximum absolute atomic E-state index is 11.1. The van der Waals surface area contributed by atoms with Crippen LogP contribution in [0.2, 0.25) is 0 Å². The fourth-order valence-corrected chi connectivity index (χ4v) is 2.90. The maximum atomic E-state index is 11.1. The van der Waals surface area contributed by atoms with E-state index in [1.165, 1.54) is 12.0 Å². The monoisotopic (exact) mass is 276 g/mol. The van der Waals surface area contributed by atoms with Gasteiger partial charge >= 0.3 is 5.97 Å². The Bertz CT molecular complexity index is 422. The van der Waals surface area contributed by atoms with Gasteiger partial charge in [-0.15, -0.1) is 0 Å². The number of carboxylic acid groups (broad SMARTS) is 1. The van der Waals surface area contributed by atoms with Gasteiger partial charge in [-0.25, -0.2) is 0 Å². The highest BCUT2D eigenvalue weighted by molar-refractivity contribution is 5.73. The smallest absolute Gasteiger partial charge is 0.320 e. The van der Waals surface area contributed by atoms with E-state index in [4.69, 9.17) is 5.11 Å². The minimum Gasteiger partial charge on any atom is -0.480 e. The molecule has 0 aliphatic carbocycles. The van der Waals surface area contributed by atoms with Crippen molar-refractivity contribution in [1.29, 1.82) is 0 Å². The van der Waals surface area contributed by atoms with Crippen LogP contribution in [-0.4, -0.2) is 48.2 Å². The van der Waals surface area contributed by atoms with Crippen molar-refractivity contribution in [3.8, 4) is 0 Å². The molecule has 0 radical (unpaired) electrons. The number of nitrogens with zero attached hydrogens (tertiary/aromatic N) is 1. The summed E-state index contributed by atoms with van der Waals surface area (Å²) >= 11 is 0. The highest BCUT2D eigenvalue weighted by atomic mass is 16.4. The first-order chi connectivity index (χ1) is 9.70. The lowest BCUT2D eigenvalue weighted by molar-refractivity contribution is -0.139. The maximum Gasteiger partial charge on any atom is 0.320 e. The van der Waals surface area contributed by atoms with Crippen LogP contribution in [0, 0.1) is 0 Å². The Balaban J connectivity index is 1.80. The summed E-state index contributed by atoms with van der Waals surface area (Å²) in [6.45, 7) is 5.61. The summed E-state index contributed by atoms with van der Waals surface area (Å²) in [4.78, 5) is 13.5. The molecule has 1 heterocycles. The largest absolute Gasteiger partial charge is 0.480 e. The van der Waals surface area contributed by atoms with Gasteiger partial charge in [-0.3, -0.25) is 4.79 Å². The van der Waals surface area contributed by atoms with Crippen LogP contribution in [-0.2, 0) is 4.79 Å². The molecule has 1 aromatic rings. The Morgan fingerprint density at radius 2 is 2.20 bits per heavy atom. The first-order valence-electron chi connectivity index (χ1n) is 7.44. The van der Waals surface area contributed by atoms with E-state index in [0.29, 0.717) is 18.9 Å². The third kappa shape index (κ3) is 4.05. The van der Waals surface area contributed by atoms with Gasteiger partial charge in [0.15, 0.2) is 0 Å². The molecule has 0 saturated carbocycles. The second kappa shape index (κ2) is 7.41. The van der Waals surface area contributed by atoms with Crippen LogP contribution < -0.4 is 5.32 Å². The molecule has 2 rings (SSSR count). The highest BCUT2D eigenvalue weighted by Crippen LogP contribution is 2.26. The van der Waals surface area contributed by atoms with Gasteiger partial charge in [0.1, 0.15) is 6.04 Å². The Morgan fingerprint density at radius 3 is 2.85 bits per heavy atom. The van der Waals surface area contributed by atoms with Gasteiger partial charge in [-0.1, -0.05) is 37.3 Å². The Hall–Kier alpha value is -1.39. The summed E-state index contributed by atoms with van der Waals surface area (Å²) in [5, 5.41) is 12.1. The van der Waals surface area contributed by atoms with Gasteiger partial charge in [0.05, 0.1) is 0 Å². The number of carboxylic acids is 1. The molecule has 1 fully saturated rings. The van der Waals surface area contributed by atoms with Crippen molar-refractivity contribution in [1.82, 2.24) is 10.2 Å². The molecule has 2 atom stereocenters. The average molecular weight is 276 g/mol. The van der Waals surface area contributed by atoms with Gasteiger partial charge in [-0.05, 0) is 37.4 Å². The number of hydrogen-bond donors (Lipinski definition) is 2. The first kappa shape index (κ1) is 15.0. The van der Waals surface area contributed by atoms with Crippen molar-refractivity contribution in [2.45, 2.75) is 31.7 Å². The van der Waals surface area contributed by atoms with Crippen molar-refractivity contribution in [2.75, 3.05) is 26.2 Å². The van der Waals surface area contributed by atoms with E-state index >= 15 is 0 Å². The van der Waals surface area contributed by atoms with E-state index in [0.717, 1.165) is 19.6 Å². The molecule has 2 N–H and O–H groups in total. The van der Waals surface area contributed by atoms with Crippen molar-refractivity contribution in [3.05, 3.63) is 35.9 Å². The molecule has 0 aromatic heterocycles. The second-order valence-corrected chi connectivity index (χ2v) is 5.43. The van der Waals surface area contributed by atoms with E-state index in [-0.39, 0.29) is 0 Å². The third-order valence-electron chi connectivity index (χ3n) is 4.03. The summed E-state index contributed by atoms with van der Waals surface area (Å²) in [6.07, 6.45) is 1.84. The highest BCUT2D eigenvalue weighted by Gasteiger charge is 2.25. The summed E-state index contributed by atoms with van der Waals surface area (Å²) < 4.78 is 0. The topological polar surface area (TPSA) is 52.6 Å². The standard InChI is InChI=1S/C16H24N2O2/c1-2-17-15(16(19)20)9-11-18-10-8-14(12-18)13-6-4-3-5-7-13/h3-7,14-15,17H,2,8-12H2,1H3,(H,19,20). The van der Waals surface area contributed by atoms with Gasteiger partial charge < -0.3 is 15.3 Å². The fourth-order valence-electron chi connectivity index (χ4n) is 2.90. The SMILES string of the molecule is CCNC(CCN1CCC(c2ccccc2)C1)C(=O)O. The Morgan fingerprint density at radius 1 is 1.45 bits per heavy atom. The van der Waals surface area contributed by atoms with E-state index in [9.17, 15) is 4.79 Å². The Labute approximate surface area is 120 Å². The molecular weight excluding hydrogens is 252 g/mol. The molecule has 4 nitrogen and oxygen atoms in total. The molecule has 0 bridgehead atoms. The summed E-state index contributed by atoms with van der Waals surface area (Å²) in [7, 11) is 0. The zero-order valence-electron chi connectivity index (χ0n) is 12.1. The molecular formula is C16H24N2O2. The summed E-state index contributed by atoms with van der Waals surface area (Å²) in [5.74, 6) is -0.149. The quantitative estimate of drug-likeness (QED) is 0.799. The zero-order chi connectivity index (χ0) is 14.4. The molecule has 0 spiro atoms. The molecule has 0 amide bonds. The van der Waals surface area contributed by atoms with Gasteiger partial charge in [0, 0.05) is 13.1 Å². The molecule has 110 valence electrons. The van der Waals surface area contributed by atoms with Crippen molar-refractivity contribution >= 4 is 5.97 Å². The molecule has 1 saturated heterocycles. The number of hydrogen-bond acceptors (Lipinski definition) is 3. The number of benzene rings is 1. The van der Waals surface area contributed by atoms with Gasteiger partial charge in [-0.2, -0.15) is 0 Å². The van der Waals surface area contributed by atoms with E-state index in [1.54, 1.807) is 0 Å². The van der Waals surface area contributed by atoms with Crippen LogP contribution in [0.15, 0.2) is 30.3 Å². The minimum absolute atomic E-state index is 0.421. The van der Waals surface area contributed by atoms with Crippen LogP contribution in [0.1, 0.15) is 31.2 Å². The lowest BCUT2D eigenvalue weighted by atomic mass is 9.99. The van der Waals surface area contributed by atoms with Crippen LogP contribution in [0.25, 0.3) is 0 Å².